The molecule has 0 spiro atoms. The van der Waals surface area contributed by atoms with Crippen LogP contribution in [0.2, 0.25) is 0 Å². The molecule has 0 saturated carbocycles. The van der Waals surface area contributed by atoms with Crippen LogP contribution in [0.25, 0.3) is 0 Å². The molecule has 1 aliphatic rings. The zero-order valence-corrected chi connectivity index (χ0v) is 12.5. The van der Waals surface area contributed by atoms with E-state index in [1.165, 1.54) is 0 Å². The van der Waals surface area contributed by atoms with Crippen molar-refractivity contribution in [3.8, 4) is 11.5 Å². The van der Waals surface area contributed by atoms with Gasteiger partial charge in [0.2, 0.25) is 12.7 Å². The minimum atomic E-state index is -0.313. The number of halogens is 1. The molecule has 0 aliphatic carbocycles. The van der Waals surface area contributed by atoms with Gasteiger partial charge in [-0.25, -0.2) is 5.43 Å². The minimum Gasteiger partial charge on any atom is -0.454 e. The molecule has 2 heterocycles. The average molecular weight is 352 g/mol. The lowest BCUT2D eigenvalue weighted by molar-refractivity contribution is 0.174. The number of aromatic nitrogens is 3. The van der Waals surface area contributed by atoms with Crippen molar-refractivity contribution < 1.29 is 9.47 Å². The van der Waals surface area contributed by atoms with E-state index in [0.29, 0.717) is 17.2 Å². The third-order valence-electron chi connectivity index (χ3n) is 2.73. The number of hydrogen-bond acceptors (Lipinski definition) is 7. The van der Waals surface area contributed by atoms with Crippen LogP contribution in [0.15, 0.2) is 26.5 Å². The number of H-pyrrole nitrogens is 1. The molecule has 0 radical (unpaired) electrons. The maximum atomic E-state index is 11.4. The maximum Gasteiger partial charge on any atom is 0.274 e. The van der Waals surface area contributed by atoms with Gasteiger partial charge in [0.1, 0.15) is 5.69 Å². The number of rotatable bonds is 3. The molecule has 9 heteroatoms. The van der Waals surface area contributed by atoms with Crippen LogP contribution in [0.1, 0.15) is 11.3 Å². The lowest BCUT2D eigenvalue weighted by Crippen LogP contribution is -2.15. The third kappa shape index (κ3) is 2.87. The highest BCUT2D eigenvalue weighted by atomic mass is 79.9. The molecule has 1 aromatic carbocycles. The van der Waals surface area contributed by atoms with E-state index in [9.17, 15) is 4.79 Å². The Morgan fingerprint density at radius 3 is 2.90 bits per heavy atom. The molecular formula is C12H10BrN5O3. The van der Waals surface area contributed by atoms with Gasteiger partial charge in [-0.15, -0.1) is 10.2 Å². The Morgan fingerprint density at radius 1 is 1.38 bits per heavy atom. The van der Waals surface area contributed by atoms with Gasteiger partial charge in [0.25, 0.3) is 5.56 Å². The molecule has 0 unspecified atom stereocenters. The van der Waals surface area contributed by atoms with Crippen molar-refractivity contribution in [3.63, 3.8) is 0 Å². The van der Waals surface area contributed by atoms with E-state index in [1.54, 1.807) is 25.3 Å². The summed E-state index contributed by atoms with van der Waals surface area (Å²) in [7, 11) is 0. The van der Waals surface area contributed by atoms with Gasteiger partial charge in [-0.1, -0.05) is 0 Å². The van der Waals surface area contributed by atoms with Crippen molar-refractivity contribution in [2.24, 2.45) is 5.10 Å². The number of ether oxygens (including phenoxy) is 2. The second kappa shape index (κ2) is 5.52. The Morgan fingerprint density at radius 2 is 2.14 bits per heavy atom. The van der Waals surface area contributed by atoms with Crippen molar-refractivity contribution in [3.05, 3.63) is 38.2 Å². The van der Waals surface area contributed by atoms with Gasteiger partial charge in [-0.2, -0.15) is 5.10 Å². The van der Waals surface area contributed by atoms with Gasteiger partial charge < -0.3 is 9.47 Å². The van der Waals surface area contributed by atoms with E-state index in [2.05, 4.69) is 41.6 Å². The Balaban J connectivity index is 1.77. The highest BCUT2D eigenvalue weighted by Gasteiger charge is 2.15. The first-order chi connectivity index (χ1) is 10.1. The maximum absolute atomic E-state index is 11.4. The van der Waals surface area contributed by atoms with E-state index in [0.717, 1.165) is 10.0 Å². The lowest BCUT2D eigenvalue weighted by Gasteiger charge is -2.02. The predicted molar refractivity (Wildman–Crippen MR) is 78.9 cm³/mol. The van der Waals surface area contributed by atoms with Gasteiger partial charge in [-0.05, 0) is 35.0 Å². The van der Waals surface area contributed by atoms with E-state index < -0.39 is 0 Å². The monoisotopic (exact) mass is 351 g/mol. The summed E-state index contributed by atoms with van der Waals surface area (Å²) < 4.78 is 11.4. The Bertz CT molecular complexity index is 774. The minimum absolute atomic E-state index is 0.165. The number of nitrogens with zero attached hydrogens (tertiary/aromatic N) is 3. The fourth-order valence-electron chi connectivity index (χ4n) is 1.64. The van der Waals surface area contributed by atoms with Gasteiger partial charge in [0.05, 0.1) is 6.21 Å². The summed E-state index contributed by atoms with van der Waals surface area (Å²) in [4.78, 5) is 13.9. The van der Waals surface area contributed by atoms with Crippen LogP contribution in [-0.4, -0.2) is 28.2 Å². The first-order valence-corrected chi connectivity index (χ1v) is 6.74. The molecule has 0 fully saturated rings. The third-order valence-corrected chi connectivity index (χ3v) is 3.41. The van der Waals surface area contributed by atoms with E-state index >= 15 is 0 Å². The zero-order chi connectivity index (χ0) is 14.8. The fourth-order valence-corrected chi connectivity index (χ4v) is 2.06. The van der Waals surface area contributed by atoms with E-state index in [-0.39, 0.29) is 18.3 Å². The molecule has 1 aliphatic heterocycles. The molecule has 3 rings (SSSR count). The number of hydrogen-bond donors (Lipinski definition) is 2. The topological polar surface area (TPSA) is 101 Å². The Hall–Kier alpha value is -2.42. The summed E-state index contributed by atoms with van der Waals surface area (Å²) in [6.07, 6.45) is 1.56. The van der Waals surface area contributed by atoms with Gasteiger partial charge in [0, 0.05) is 10.0 Å². The molecule has 8 nitrogen and oxygen atoms in total. The van der Waals surface area contributed by atoms with Crippen molar-refractivity contribution in [2.75, 3.05) is 12.2 Å². The second-order valence-electron chi connectivity index (χ2n) is 4.19. The molecule has 0 amide bonds. The number of nitrogens with one attached hydrogen (secondary N) is 2. The highest BCUT2D eigenvalue weighted by molar-refractivity contribution is 9.10. The largest absolute Gasteiger partial charge is 0.454 e. The number of fused-ring (bicyclic) bond motifs is 1. The molecule has 0 bridgehead atoms. The molecule has 1 aromatic heterocycles. The van der Waals surface area contributed by atoms with Crippen LogP contribution in [0.4, 0.5) is 5.95 Å². The van der Waals surface area contributed by atoms with Crippen molar-refractivity contribution >= 4 is 28.1 Å². The van der Waals surface area contributed by atoms with Gasteiger partial charge in [-0.3, -0.25) is 9.78 Å². The molecule has 108 valence electrons. The molecule has 2 N–H and O–H groups in total. The number of aromatic amines is 1. The molecule has 0 saturated heterocycles. The molecule has 2 aromatic rings. The highest BCUT2D eigenvalue weighted by Crippen LogP contribution is 2.36. The summed E-state index contributed by atoms with van der Waals surface area (Å²) >= 11 is 3.42. The van der Waals surface area contributed by atoms with Gasteiger partial charge in [0.15, 0.2) is 11.5 Å². The first kappa shape index (κ1) is 13.6. The number of anilines is 1. The zero-order valence-electron chi connectivity index (χ0n) is 10.9. The summed E-state index contributed by atoms with van der Waals surface area (Å²) in [6, 6.07) is 3.60. The summed E-state index contributed by atoms with van der Waals surface area (Å²) in [5.74, 6) is 1.50. The first-order valence-electron chi connectivity index (χ1n) is 5.95. The van der Waals surface area contributed by atoms with Crippen LogP contribution in [0, 0.1) is 6.92 Å². The van der Waals surface area contributed by atoms with E-state index in [4.69, 9.17) is 9.47 Å². The second-order valence-corrected chi connectivity index (χ2v) is 5.04. The van der Waals surface area contributed by atoms with Crippen LogP contribution in [0.3, 0.4) is 0 Å². The predicted octanol–water partition coefficient (Wildman–Crippen LogP) is 1.41. The smallest absolute Gasteiger partial charge is 0.274 e. The SMILES string of the molecule is Cc1nnc(NN=Cc2cc3c(cc2Br)OCO3)[nH]c1=O. The van der Waals surface area contributed by atoms with Crippen LogP contribution in [-0.2, 0) is 0 Å². The number of aryl methyl sites for hydroxylation is 1. The van der Waals surface area contributed by atoms with Crippen LogP contribution in [0.5, 0.6) is 11.5 Å². The summed E-state index contributed by atoms with van der Waals surface area (Å²) in [6.45, 7) is 1.78. The normalized spacial score (nSPS) is 12.9. The van der Waals surface area contributed by atoms with Crippen LogP contribution >= 0.6 is 15.9 Å². The molecule has 0 atom stereocenters. The number of benzene rings is 1. The molecular weight excluding hydrogens is 342 g/mol. The van der Waals surface area contributed by atoms with Gasteiger partial charge >= 0.3 is 0 Å². The van der Waals surface area contributed by atoms with Crippen molar-refractivity contribution in [1.29, 1.82) is 0 Å². The fraction of sp³-hybridized carbons (Fsp3) is 0.167. The Kier molecular flexibility index (Phi) is 3.57. The molecule has 21 heavy (non-hydrogen) atoms. The van der Waals surface area contributed by atoms with E-state index in [1.807, 2.05) is 0 Å². The summed E-state index contributed by atoms with van der Waals surface area (Å²) in [5.41, 5.74) is 3.37. The van der Waals surface area contributed by atoms with Crippen molar-refractivity contribution in [2.45, 2.75) is 6.92 Å². The standard InChI is InChI=1S/C12H10BrN5O3/c1-6-11(19)15-12(18-16-6)17-14-4-7-2-9-10(3-8(7)13)21-5-20-9/h2-4H,5H2,1H3,(H2,15,17,18,19). The lowest BCUT2D eigenvalue weighted by atomic mass is 10.2. The quantitative estimate of drug-likeness (QED) is 0.640. The van der Waals surface area contributed by atoms with Crippen LogP contribution < -0.4 is 20.5 Å². The number of hydrazone groups is 1. The Labute approximate surface area is 127 Å². The van der Waals surface area contributed by atoms with Crippen molar-refractivity contribution in [1.82, 2.24) is 15.2 Å². The summed E-state index contributed by atoms with van der Waals surface area (Å²) in [5, 5.41) is 11.5. The average Bonchev–Trinajstić information content (AvgIpc) is 2.90.